The van der Waals surface area contributed by atoms with Crippen LogP contribution < -0.4 is 0 Å². The van der Waals surface area contributed by atoms with E-state index in [-0.39, 0.29) is 6.29 Å². The van der Waals surface area contributed by atoms with Gasteiger partial charge < -0.3 is 9.47 Å². The largest absolute Gasteiger partial charge is 0.353 e. The van der Waals surface area contributed by atoms with E-state index in [0.717, 1.165) is 18.9 Å². The lowest BCUT2D eigenvalue weighted by molar-refractivity contribution is -0.194. The van der Waals surface area contributed by atoms with E-state index in [1.54, 1.807) is 0 Å². The third-order valence-electron chi connectivity index (χ3n) is 3.97. The molecule has 1 heterocycles. The van der Waals surface area contributed by atoms with Crippen LogP contribution in [-0.2, 0) is 9.47 Å². The fraction of sp³-hybridized carbons (Fsp3) is 1.00. The zero-order chi connectivity index (χ0) is 11.2. The highest BCUT2D eigenvalue weighted by molar-refractivity contribution is 4.73. The van der Waals surface area contributed by atoms with E-state index >= 15 is 0 Å². The van der Waals surface area contributed by atoms with E-state index in [2.05, 4.69) is 6.92 Å². The Morgan fingerprint density at radius 1 is 1.06 bits per heavy atom. The monoisotopic (exact) mass is 226 g/mol. The van der Waals surface area contributed by atoms with E-state index in [9.17, 15) is 0 Å². The fourth-order valence-electron chi connectivity index (χ4n) is 3.00. The summed E-state index contributed by atoms with van der Waals surface area (Å²) in [5.74, 6) is 0.970. The Bertz CT molecular complexity index is 179. The van der Waals surface area contributed by atoms with E-state index < -0.39 is 0 Å². The number of rotatable bonds is 4. The summed E-state index contributed by atoms with van der Waals surface area (Å²) in [6.45, 7) is 3.19. The maximum absolute atomic E-state index is 6.04. The molecule has 2 fully saturated rings. The van der Waals surface area contributed by atoms with E-state index in [1.165, 1.54) is 51.4 Å². The van der Waals surface area contributed by atoms with Gasteiger partial charge in [-0.1, -0.05) is 19.8 Å². The summed E-state index contributed by atoms with van der Waals surface area (Å²) in [6, 6.07) is 0. The molecule has 2 rings (SSSR count). The van der Waals surface area contributed by atoms with Gasteiger partial charge in [0.2, 0.25) is 0 Å². The zero-order valence-corrected chi connectivity index (χ0v) is 10.6. The molecule has 0 N–H and O–H groups in total. The quantitative estimate of drug-likeness (QED) is 0.724. The van der Waals surface area contributed by atoms with Crippen LogP contribution in [0.25, 0.3) is 0 Å². The van der Waals surface area contributed by atoms with Gasteiger partial charge in [0.05, 0.1) is 6.10 Å². The van der Waals surface area contributed by atoms with E-state index in [0.29, 0.717) is 6.10 Å². The van der Waals surface area contributed by atoms with Gasteiger partial charge >= 0.3 is 0 Å². The molecule has 0 spiro atoms. The van der Waals surface area contributed by atoms with E-state index in [1.807, 2.05) is 0 Å². The molecule has 1 aliphatic heterocycles. The molecule has 1 atom stereocenters. The molecule has 1 unspecified atom stereocenters. The lowest BCUT2D eigenvalue weighted by atomic mass is 9.85. The topological polar surface area (TPSA) is 18.5 Å². The summed E-state index contributed by atoms with van der Waals surface area (Å²) in [4.78, 5) is 0. The Morgan fingerprint density at radius 2 is 1.88 bits per heavy atom. The predicted octanol–water partition coefficient (Wildman–Crippen LogP) is 3.89. The minimum Gasteiger partial charge on any atom is -0.353 e. The molecule has 0 radical (unpaired) electrons. The molecular weight excluding hydrogens is 200 g/mol. The van der Waals surface area contributed by atoms with Gasteiger partial charge in [-0.25, -0.2) is 0 Å². The van der Waals surface area contributed by atoms with Crippen molar-refractivity contribution < 1.29 is 9.47 Å². The lowest BCUT2D eigenvalue weighted by Crippen LogP contribution is -2.30. The van der Waals surface area contributed by atoms with Crippen LogP contribution in [0.1, 0.15) is 64.7 Å². The van der Waals surface area contributed by atoms with Crippen molar-refractivity contribution in [3.8, 4) is 0 Å². The molecule has 0 bridgehead atoms. The molecular formula is C14H26O2. The normalized spacial score (nSPS) is 36.2. The van der Waals surface area contributed by atoms with Crippen LogP contribution in [-0.4, -0.2) is 19.0 Å². The first kappa shape index (κ1) is 12.4. The second-order valence-electron chi connectivity index (χ2n) is 5.36. The average Bonchev–Trinajstić information content (AvgIpc) is 2.33. The molecule has 0 aromatic carbocycles. The molecule has 1 aliphatic carbocycles. The van der Waals surface area contributed by atoms with Crippen molar-refractivity contribution in [2.24, 2.45) is 5.92 Å². The van der Waals surface area contributed by atoms with Crippen LogP contribution in [0.2, 0.25) is 0 Å². The number of ether oxygens (including phenoxy) is 2. The smallest absolute Gasteiger partial charge is 0.157 e. The van der Waals surface area contributed by atoms with Gasteiger partial charge in [0.15, 0.2) is 6.29 Å². The first-order valence-electron chi connectivity index (χ1n) is 7.15. The molecule has 1 saturated heterocycles. The molecule has 0 amide bonds. The SMILES string of the molecule is CCCC1CCC(OC2CCCCO2)CC1. The Labute approximate surface area is 99.7 Å². The van der Waals surface area contributed by atoms with Gasteiger partial charge in [0, 0.05) is 6.61 Å². The summed E-state index contributed by atoms with van der Waals surface area (Å²) in [5, 5.41) is 0. The minimum absolute atomic E-state index is 0.112. The maximum atomic E-state index is 6.04. The maximum Gasteiger partial charge on any atom is 0.157 e. The van der Waals surface area contributed by atoms with Crippen LogP contribution in [0.4, 0.5) is 0 Å². The van der Waals surface area contributed by atoms with Crippen molar-refractivity contribution >= 4 is 0 Å². The molecule has 94 valence electrons. The molecule has 2 heteroatoms. The van der Waals surface area contributed by atoms with Crippen molar-refractivity contribution in [3.63, 3.8) is 0 Å². The average molecular weight is 226 g/mol. The summed E-state index contributed by atoms with van der Waals surface area (Å²) in [5.41, 5.74) is 0. The van der Waals surface area contributed by atoms with Crippen molar-refractivity contribution in [2.75, 3.05) is 6.61 Å². The molecule has 2 aliphatic rings. The number of hydrogen-bond acceptors (Lipinski definition) is 2. The van der Waals surface area contributed by atoms with Crippen molar-refractivity contribution in [1.82, 2.24) is 0 Å². The zero-order valence-electron chi connectivity index (χ0n) is 10.6. The standard InChI is InChI=1S/C14H26O2/c1-2-5-12-7-9-13(10-8-12)16-14-6-3-4-11-15-14/h12-14H,2-11H2,1H3. The highest BCUT2D eigenvalue weighted by Gasteiger charge is 2.24. The highest BCUT2D eigenvalue weighted by Crippen LogP contribution is 2.30. The van der Waals surface area contributed by atoms with E-state index in [4.69, 9.17) is 9.47 Å². The van der Waals surface area contributed by atoms with Crippen molar-refractivity contribution in [3.05, 3.63) is 0 Å². The summed E-state index contributed by atoms with van der Waals surface area (Å²) >= 11 is 0. The van der Waals surface area contributed by atoms with Crippen molar-refractivity contribution in [1.29, 1.82) is 0 Å². The molecule has 0 aromatic heterocycles. The Balaban J connectivity index is 1.64. The summed E-state index contributed by atoms with van der Waals surface area (Å²) in [6.07, 6.45) is 12.2. The van der Waals surface area contributed by atoms with Gasteiger partial charge in [-0.3, -0.25) is 0 Å². The summed E-state index contributed by atoms with van der Waals surface area (Å²) in [7, 11) is 0. The highest BCUT2D eigenvalue weighted by atomic mass is 16.7. The van der Waals surface area contributed by atoms with Crippen molar-refractivity contribution in [2.45, 2.75) is 77.1 Å². The van der Waals surface area contributed by atoms with Gasteiger partial charge in [-0.2, -0.15) is 0 Å². The first-order chi connectivity index (χ1) is 7.88. The van der Waals surface area contributed by atoms with Gasteiger partial charge in [-0.05, 0) is 50.9 Å². The third-order valence-corrected chi connectivity index (χ3v) is 3.97. The first-order valence-corrected chi connectivity index (χ1v) is 7.15. The van der Waals surface area contributed by atoms with Crippen LogP contribution >= 0.6 is 0 Å². The van der Waals surface area contributed by atoms with Gasteiger partial charge in [-0.15, -0.1) is 0 Å². The molecule has 2 nitrogen and oxygen atoms in total. The van der Waals surface area contributed by atoms with Crippen LogP contribution in [0.5, 0.6) is 0 Å². The van der Waals surface area contributed by atoms with Crippen LogP contribution in [0.3, 0.4) is 0 Å². The van der Waals surface area contributed by atoms with Gasteiger partial charge in [0.25, 0.3) is 0 Å². The second-order valence-corrected chi connectivity index (χ2v) is 5.36. The Kier molecular flexibility index (Phi) is 5.11. The minimum atomic E-state index is 0.112. The Morgan fingerprint density at radius 3 is 2.50 bits per heavy atom. The second kappa shape index (κ2) is 6.61. The lowest BCUT2D eigenvalue weighted by Gasteiger charge is -2.32. The third kappa shape index (κ3) is 3.74. The predicted molar refractivity (Wildman–Crippen MR) is 65.3 cm³/mol. The Hall–Kier alpha value is -0.0800. The molecule has 1 saturated carbocycles. The van der Waals surface area contributed by atoms with Gasteiger partial charge in [0.1, 0.15) is 0 Å². The summed E-state index contributed by atoms with van der Waals surface area (Å²) < 4.78 is 11.7. The van der Waals surface area contributed by atoms with Crippen LogP contribution in [0, 0.1) is 5.92 Å². The molecule has 0 aromatic rings. The van der Waals surface area contributed by atoms with Crippen LogP contribution in [0.15, 0.2) is 0 Å². The number of hydrogen-bond donors (Lipinski definition) is 0. The molecule has 16 heavy (non-hydrogen) atoms. The fourth-order valence-corrected chi connectivity index (χ4v) is 3.00.